The molecule has 4 nitrogen and oxygen atoms in total. The maximum absolute atomic E-state index is 12.2. The van der Waals surface area contributed by atoms with Gasteiger partial charge in [0.25, 0.3) is 0 Å². The predicted molar refractivity (Wildman–Crippen MR) is 76.1 cm³/mol. The number of sulfone groups is 1. The molecule has 0 amide bonds. The van der Waals surface area contributed by atoms with E-state index in [1.165, 1.54) is 24.2 Å². The Labute approximate surface area is 116 Å². The molecular weight excluding hydrogens is 280 g/mol. The molecule has 0 radical (unpaired) electrons. The zero-order chi connectivity index (χ0) is 13.3. The summed E-state index contributed by atoms with van der Waals surface area (Å²) in [5.41, 5.74) is 0.608. The molecule has 0 saturated heterocycles. The van der Waals surface area contributed by atoms with Gasteiger partial charge in [0.2, 0.25) is 0 Å². The normalized spacial score (nSPS) is 15.4. The van der Waals surface area contributed by atoms with E-state index in [4.69, 9.17) is 0 Å². The van der Waals surface area contributed by atoms with Crippen molar-refractivity contribution in [2.75, 3.05) is 5.32 Å². The third-order valence-electron chi connectivity index (χ3n) is 2.90. The van der Waals surface area contributed by atoms with Crippen LogP contribution in [0.5, 0.6) is 0 Å². The third-order valence-corrected chi connectivity index (χ3v) is 5.39. The SMILES string of the molecule is O=S(=O)(Cc1csc(NC2CC2)n1)c1ccccc1. The van der Waals surface area contributed by atoms with Crippen molar-refractivity contribution in [1.82, 2.24) is 4.98 Å². The molecule has 100 valence electrons. The first-order chi connectivity index (χ1) is 9.13. The molecule has 1 aromatic heterocycles. The number of hydrogen-bond acceptors (Lipinski definition) is 5. The smallest absolute Gasteiger partial charge is 0.184 e. The maximum atomic E-state index is 12.2. The predicted octanol–water partition coefficient (Wildman–Crippen LogP) is 2.69. The van der Waals surface area contributed by atoms with Crippen LogP contribution in [-0.2, 0) is 15.6 Å². The number of hydrogen-bond donors (Lipinski definition) is 1. The lowest BCUT2D eigenvalue weighted by Gasteiger charge is -2.02. The highest BCUT2D eigenvalue weighted by Crippen LogP contribution is 2.27. The minimum atomic E-state index is -3.30. The first-order valence-electron chi connectivity index (χ1n) is 6.12. The number of thiazole rings is 1. The molecule has 1 N–H and O–H groups in total. The number of rotatable bonds is 5. The van der Waals surface area contributed by atoms with Crippen LogP contribution in [0.15, 0.2) is 40.6 Å². The molecule has 0 atom stereocenters. The van der Waals surface area contributed by atoms with Crippen LogP contribution in [0.1, 0.15) is 18.5 Å². The van der Waals surface area contributed by atoms with Gasteiger partial charge in [-0.25, -0.2) is 13.4 Å². The minimum absolute atomic E-state index is 0.0418. The minimum Gasteiger partial charge on any atom is -0.359 e. The fourth-order valence-corrected chi connectivity index (χ4v) is 3.92. The van der Waals surface area contributed by atoms with Crippen molar-refractivity contribution in [2.45, 2.75) is 29.5 Å². The van der Waals surface area contributed by atoms with E-state index in [1.807, 2.05) is 5.38 Å². The lowest BCUT2D eigenvalue weighted by molar-refractivity contribution is 0.595. The number of benzene rings is 1. The Bertz CT molecular complexity index is 661. The lowest BCUT2D eigenvalue weighted by Crippen LogP contribution is -2.06. The van der Waals surface area contributed by atoms with Crippen molar-refractivity contribution in [3.63, 3.8) is 0 Å². The number of anilines is 1. The largest absolute Gasteiger partial charge is 0.359 e. The quantitative estimate of drug-likeness (QED) is 0.921. The number of nitrogens with zero attached hydrogens (tertiary/aromatic N) is 1. The zero-order valence-corrected chi connectivity index (χ0v) is 11.9. The Hall–Kier alpha value is -1.40. The molecule has 6 heteroatoms. The maximum Gasteiger partial charge on any atom is 0.184 e. The van der Waals surface area contributed by atoms with Gasteiger partial charge in [0, 0.05) is 11.4 Å². The van der Waals surface area contributed by atoms with E-state index < -0.39 is 9.84 Å². The number of aromatic nitrogens is 1. The monoisotopic (exact) mass is 294 g/mol. The second-order valence-electron chi connectivity index (χ2n) is 4.63. The molecule has 1 heterocycles. The summed E-state index contributed by atoms with van der Waals surface area (Å²) < 4.78 is 24.4. The summed E-state index contributed by atoms with van der Waals surface area (Å²) in [6.07, 6.45) is 2.36. The molecule has 0 spiro atoms. The Kier molecular flexibility index (Phi) is 3.28. The van der Waals surface area contributed by atoms with Gasteiger partial charge in [0.1, 0.15) is 0 Å². The molecule has 2 aromatic rings. The first-order valence-corrected chi connectivity index (χ1v) is 8.65. The zero-order valence-electron chi connectivity index (χ0n) is 10.2. The molecule has 1 aromatic carbocycles. The van der Waals surface area contributed by atoms with Crippen LogP contribution < -0.4 is 5.32 Å². The summed E-state index contributed by atoms with van der Waals surface area (Å²) in [6.45, 7) is 0. The van der Waals surface area contributed by atoms with E-state index in [2.05, 4.69) is 10.3 Å². The van der Waals surface area contributed by atoms with Crippen molar-refractivity contribution < 1.29 is 8.42 Å². The van der Waals surface area contributed by atoms with Crippen LogP contribution in [0.3, 0.4) is 0 Å². The van der Waals surface area contributed by atoms with E-state index in [1.54, 1.807) is 30.3 Å². The summed E-state index contributed by atoms with van der Waals surface area (Å²) in [5.74, 6) is -0.0418. The molecule has 0 unspecified atom stereocenters. The second-order valence-corrected chi connectivity index (χ2v) is 7.48. The van der Waals surface area contributed by atoms with E-state index in [0.29, 0.717) is 16.6 Å². The molecule has 19 heavy (non-hydrogen) atoms. The van der Waals surface area contributed by atoms with Gasteiger partial charge in [0.05, 0.1) is 16.3 Å². The molecule has 0 aliphatic heterocycles. The van der Waals surface area contributed by atoms with Crippen molar-refractivity contribution in [2.24, 2.45) is 0 Å². The molecular formula is C13H14N2O2S2. The third kappa shape index (κ3) is 3.13. The second kappa shape index (κ2) is 4.94. The number of nitrogens with one attached hydrogen (secondary N) is 1. The molecule has 1 aliphatic carbocycles. The Morgan fingerprint density at radius 1 is 1.26 bits per heavy atom. The Balaban J connectivity index is 1.75. The summed E-state index contributed by atoms with van der Waals surface area (Å²) >= 11 is 1.47. The van der Waals surface area contributed by atoms with Gasteiger partial charge in [-0.3, -0.25) is 0 Å². The van der Waals surface area contributed by atoms with Gasteiger partial charge < -0.3 is 5.32 Å². The molecule has 0 bridgehead atoms. The highest BCUT2D eigenvalue weighted by Gasteiger charge is 2.23. The Morgan fingerprint density at radius 2 is 2.00 bits per heavy atom. The standard InChI is InChI=1S/C13H14N2O2S2/c16-19(17,12-4-2-1-3-5-12)9-11-8-18-13(15-11)14-10-6-7-10/h1-5,8,10H,6-7,9H2,(H,14,15). The summed E-state index contributed by atoms with van der Waals surface area (Å²) in [5, 5.41) is 5.91. The Morgan fingerprint density at radius 3 is 2.68 bits per heavy atom. The van der Waals surface area contributed by atoms with Crippen molar-refractivity contribution in [3.05, 3.63) is 41.4 Å². The average Bonchev–Trinajstić information content (AvgIpc) is 3.10. The van der Waals surface area contributed by atoms with Gasteiger partial charge in [0.15, 0.2) is 15.0 Å². The summed E-state index contributed by atoms with van der Waals surface area (Å²) in [4.78, 5) is 4.68. The molecule has 1 saturated carbocycles. The van der Waals surface area contributed by atoms with Crippen LogP contribution in [0, 0.1) is 0 Å². The van der Waals surface area contributed by atoms with Gasteiger partial charge in [-0.2, -0.15) is 0 Å². The van der Waals surface area contributed by atoms with Crippen molar-refractivity contribution >= 4 is 26.3 Å². The van der Waals surface area contributed by atoms with Crippen LogP contribution >= 0.6 is 11.3 Å². The van der Waals surface area contributed by atoms with E-state index >= 15 is 0 Å². The lowest BCUT2D eigenvalue weighted by atomic mass is 10.4. The van der Waals surface area contributed by atoms with Crippen molar-refractivity contribution in [3.8, 4) is 0 Å². The van der Waals surface area contributed by atoms with E-state index in [-0.39, 0.29) is 5.75 Å². The van der Waals surface area contributed by atoms with E-state index in [0.717, 1.165) is 5.13 Å². The van der Waals surface area contributed by atoms with Gasteiger partial charge >= 0.3 is 0 Å². The van der Waals surface area contributed by atoms with Gasteiger partial charge in [-0.15, -0.1) is 11.3 Å². The van der Waals surface area contributed by atoms with Crippen LogP contribution in [-0.4, -0.2) is 19.4 Å². The van der Waals surface area contributed by atoms with Crippen LogP contribution in [0.2, 0.25) is 0 Å². The molecule has 3 rings (SSSR count). The first kappa shape index (κ1) is 12.6. The van der Waals surface area contributed by atoms with Crippen molar-refractivity contribution in [1.29, 1.82) is 0 Å². The fraction of sp³-hybridized carbons (Fsp3) is 0.308. The van der Waals surface area contributed by atoms with Gasteiger partial charge in [-0.05, 0) is 25.0 Å². The van der Waals surface area contributed by atoms with Gasteiger partial charge in [-0.1, -0.05) is 18.2 Å². The van der Waals surface area contributed by atoms with E-state index in [9.17, 15) is 8.42 Å². The molecule has 1 fully saturated rings. The highest BCUT2D eigenvalue weighted by molar-refractivity contribution is 7.90. The summed E-state index contributed by atoms with van der Waals surface area (Å²) in [6, 6.07) is 9.03. The highest BCUT2D eigenvalue weighted by atomic mass is 32.2. The average molecular weight is 294 g/mol. The molecule has 1 aliphatic rings. The van der Waals surface area contributed by atoms with Crippen LogP contribution in [0.25, 0.3) is 0 Å². The summed E-state index contributed by atoms with van der Waals surface area (Å²) in [7, 11) is -3.30. The van der Waals surface area contributed by atoms with Crippen LogP contribution in [0.4, 0.5) is 5.13 Å². The topological polar surface area (TPSA) is 59.1 Å². The fourth-order valence-electron chi connectivity index (χ4n) is 1.75.